The average Bonchev–Trinajstić information content (AvgIpc) is 2.88. The lowest BCUT2D eigenvalue weighted by molar-refractivity contribution is 0.103. The first-order chi connectivity index (χ1) is 9.15. The van der Waals surface area contributed by atoms with Gasteiger partial charge in [0.1, 0.15) is 0 Å². The zero-order valence-corrected chi connectivity index (χ0v) is 11.2. The molecule has 0 atom stereocenters. The number of nitrogens with two attached hydrogens (primary N) is 1. The van der Waals surface area contributed by atoms with Crippen molar-refractivity contribution in [3.63, 3.8) is 0 Å². The van der Waals surface area contributed by atoms with E-state index >= 15 is 0 Å². The summed E-state index contributed by atoms with van der Waals surface area (Å²) in [7, 11) is 0. The SMILES string of the molecule is Nc1ccc(Cl)cc1C(=O)c1ccc2c(c1)CCC2. The Bertz CT molecular complexity index is 664. The largest absolute Gasteiger partial charge is 0.398 e. The van der Waals surface area contributed by atoms with Crippen LogP contribution in [0.3, 0.4) is 0 Å². The van der Waals surface area contributed by atoms with Crippen LogP contribution in [0, 0.1) is 0 Å². The first kappa shape index (κ1) is 12.2. The lowest BCUT2D eigenvalue weighted by Crippen LogP contribution is -2.06. The lowest BCUT2D eigenvalue weighted by atomic mass is 9.98. The number of carbonyl (C=O) groups excluding carboxylic acids is 1. The highest BCUT2D eigenvalue weighted by atomic mass is 35.5. The molecular weight excluding hydrogens is 258 g/mol. The van der Waals surface area contributed by atoms with Crippen LogP contribution in [0.25, 0.3) is 0 Å². The summed E-state index contributed by atoms with van der Waals surface area (Å²) in [6.45, 7) is 0. The molecule has 2 aromatic carbocycles. The summed E-state index contributed by atoms with van der Waals surface area (Å²) < 4.78 is 0. The van der Waals surface area contributed by atoms with Gasteiger partial charge < -0.3 is 5.73 Å². The van der Waals surface area contributed by atoms with E-state index in [9.17, 15) is 4.79 Å². The van der Waals surface area contributed by atoms with Crippen LogP contribution >= 0.6 is 11.6 Å². The Balaban J connectivity index is 2.02. The molecule has 0 fully saturated rings. The third-order valence-corrected chi connectivity index (χ3v) is 3.86. The Morgan fingerprint density at radius 1 is 1.05 bits per heavy atom. The van der Waals surface area contributed by atoms with Crippen molar-refractivity contribution in [1.82, 2.24) is 0 Å². The molecule has 0 amide bonds. The highest BCUT2D eigenvalue weighted by Gasteiger charge is 2.16. The fourth-order valence-electron chi connectivity index (χ4n) is 2.59. The van der Waals surface area contributed by atoms with Crippen molar-refractivity contribution in [3.05, 3.63) is 63.7 Å². The van der Waals surface area contributed by atoms with Gasteiger partial charge in [-0.3, -0.25) is 4.79 Å². The fourth-order valence-corrected chi connectivity index (χ4v) is 2.77. The number of rotatable bonds is 2. The van der Waals surface area contributed by atoms with Gasteiger partial charge >= 0.3 is 0 Å². The molecular formula is C16H14ClNO. The monoisotopic (exact) mass is 271 g/mol. The molecule has 0 radical (unpaired) electrons. The van der Waals surface area contributed by atoms with E-state index < -0.39 is 0 Å². The van der Waals surface area contributed by atoms with Gasteiger partial charge in [-0.1, -0.05) is 23.7 Å². The van der Waals surface area contributed by atoms with Gasteiger partial charge in [0.2, 0.25) is 0 Å². The highest BCUT2D eigenvalue weighted by molar-refractivity contribution is 6.31. The second kappa shape index (κ2) is 4.71. The van der Waals surface area contributed by atoms with Gasteiger partial charge in [0.15, 0.2) is 5.78 Å². The van der Waals surface area contributed by atoms with E-state index in [0.29, 0.717) is 21.8 Å². The number of halogens is 1. The summed E-state index contributed by atoms with van der Waals surface area (Å²) in [6.07, 6.45) is 3.34. The van der Waals surface area contributed by atoms with Crippen LogP contribution in [0.1, 0.15) is 33.5 Å². The van der Waals surface area contributed by atoms with Crippen molar-refractivity contribution in [2.45, 2.75) is 19.3 Å². The van der Waals surface area contributed by atoms with Crippen molar-refractivity contribution in [3.8, 4) is 0 Å². The molecule has 2 nitrogen and oxygen atoms in total. The van der Waals surface area contributed by atoms with E-state index in [1.807, 2.05) is 12.1 Å². The fraction of sp³-hybridized carbons (Fsp3) is 0.188. The van der Waals surface area contributed by atoms with Gasteiger partial charge in [0.25, 0.3) is 0 Å². The zero-order chi connectivity index (χ0) is 13.4. The predicted octanol–water partition coefficient (Wildman–Crippen LogP) is 3.64. The molecule has 0 aromatic heterocycles. The molecule has 0 spiro atoms. The number of hydrogen-bond acceptors (Lipinski definition) is 2. The van der Waals surface area contributed by atoms with Gasteiger partial charge in [-0.15, -0.1) is 0 Å². The molecule has 0 heterocycles. The number of ketones is 1. The van der Waals surface area contributed by atoms with E-state index in [4.69, 9.17) is 17.3 Å². The molecule has 19 heavy (non-hydrogen) atoms. The normalized spacial score (nSPS) is 13.3. The van der Waals surface area contributed by atoms with E-state index in [-0.39, 0.29) is 5.78 Å². The molecule has 3 rings (SSSR count). The van der Waals surface area contributed by atoms with Gasteiger partial charge in [-0.25, -0.2) is 0 Å². The molecule has 0 saturated heterocycles. The van der Waals surface area contributed by atoms with Crippen LogP contribution in [0.15, 0.2) is 36.4 Å². The summed E-state index contributed by atoms with van der Waals surface area (Å²) in [5.74, 6) is -0.0605. The van der Waals surface area contributed by atoms with E-state index in [1.54, 1.807) is 18.2 Å². The Morgan fingerprint density at radius 3 is 2.68 bits per heavy atom. The van der Waals surface area contributed by atoms with Crippen LogP contribution in [-0.4, -0.2) is 5.78 Å². The third-order valence-electron chi connectivity index (χ3n) is 3.62. The zero-order valence-electron chi connectivity index (χ0n) is 10.4. The number of anilines is 1. The van der Waals surface area contributed by atoms with Crippen molar-refractivity contribution >= 4 is 23.1 Å². The van der Waals surface area contributed by atoms with Crippen LogP contribution in [0.4, 0.5) is 5.69 Å². The number of benzene rings is 2. The number of hydrogen-bond donors (Lipinski definition) is 1. The standard InChI is InChI=1S/C16H14ClNO/c17-13-6-7-15(18)14(9-13)16(19)12-5-4-10-2-1-3-11(10)8-12/h4-9H,1-3,18H2. The summed E-state index contributed by atoms with van der Waals surface area (Å²) in [6, 6.07) is 10.9. The van der Waals surface area contributed by atoms with E-state index in [0.717, 1.165) is 12.8 Å². The number of nitrogen functional groups attached to an aromatic ring is 1. The lowest BCUT2D eigenvalue weighted by Gasteiger charge is -2.07. The topological polar surface area (TPSA) is 43.1 Å². The van der Waals surface area contributed by atoms with Crippen LogP contribution < -0.4 is 5.73 Å². The van der Waals surface area contributed by atoms with Crippen molar-refractivity contribution in [2.75, 3.05) is 5.73 Å². The highest BCUT2D eigenvalue weighted by Crippen LogP contribution is 2.26. The van der Waals surface area contributed by atoms with Crippen LogP contribution in [-0.2, 0) is 12.8 Å². The number of aryl methyl sites for hydroxylation is 2. The molecule has 96 valence electrons. The molecule has 2 aromatic rings. The average molecular weight is 272 g/mol. The predicted molar refractivity (Wildman–Crippen MR) is 77.8 cm³/mol. The van der Waals surface area contributed by atoms with E-state index in [2.05, 4.69) is 6.07 Å². The van der Waals surface area contributed by atoms with Gasteiger partial charge in [-0.05, 0) is 54.7 Å². The second-order valence-electron chi connectivity index (χ2n) is 4.90. The van der Waals surface area contributed by atoms with Crippen LogP contribution in [0.5, 0.6) is 0 Å². The third kappa shape index (κ3) is 2.24. The van der Waals surface area contributed by atoms with Crippen molar-refractivity contribution in [2.24, 2.45) is 0 Å². The molecule has 0 bridgehead atoms. The number of fused-ring (bicyclic) bond motifs is 1. The summed E-state index contributed by atoms with van der Waals surface area (Å²) >= 11 is 5.93. The summed E-state index contributed by atoms with van der Waals surface area (Å²) in [4.78, 5) is 12.5. The first-order valence-electron chi connectivity index (χ1n) is 6.36. The molecule has 1 aliphatic carbocycles. The molecule has 0 aliphatic heterocycles. The Hall–Kier alpha value is -1.80. The minimum Gasteiger partial charge on any atom is -0.398 e. The Kier molecular flexibility index (Phi) is 3.03. The number of carbonyl (C=O) groups is 1. The molecule has 1 aliphatic rings. The molecule has 2 N–H and O–H groups in total. The Morgan fingerprint density at radius 2 is 1.84 bits per heavy atom. The maximum atomic E-state index is 12.5. The minimum absolute atomic E-state index is 0.0605. The molecule has 0 saturated carbocycles. The molecule has 3 heteroatoms. The van der Waals surface area contributed by atoms with E-state index in [1.165, 1.54) is 17.5 Å². The van der Waals surface area contributed by atoms with Crippen molar-refractivity contribution in [1.29, 1.82) is 0 Å². The van der Waals surface area contributed by atoms with Gasteiger partial charge in [0.05, 0.1) is 0 Å². The van der Waals surface area contributed by atoms with Crippen LogP contribution in [0.2, 0.25) is 5.02 Å². The minimum atomic E-state index is -0.0605. The first-order valence-corrected chi connectivity index (χ1v) is 6.74. The quantitative estimate of drug-likeness (QED) is 0.669. The smallest absolute Gasteiger partial charge is 0.195 e. The maximum Gasteiger partial charge on any atom is 0.195 e. The molecule has 0 unspecified atom stereocenters. The van der Waals surface area contributed by atoms with Gasteiger partial charge in [-0.2, -0.15) is 0 Å². The maximum absolute atomic E-state index is 12.5. The van der Waals surface area contributed by atoms with Crippen molar-refractivity contribution < 1.29 is 4.79 Å². The summed E-state index contributed by atoms with van der Waals surface area (Å²) in [5.41, 5.74) is 10.1. The Labute approximate surface area is 117 Å². The van der Waals surface area contributed by atoms with Gasteiger partial charge in [0, 0.05) is 21.8 Å². The second-order valence-corrected chi connectivity index (χ2v) is 5.33. The summed E-state index contributed by atoms with van der Waals surface area (Å²) in [5, 5.41) is 0.527.